The van der Waals surface area contributed by atoms with Crippen molar-refractivity contribution in [3.63, 3.8) is 0 Å². The van der Waals surface area contributed by atoms with Gasteiger partial charge in [0.25, 0.3) is 0 Å². The molecule has 0 nitrogen and oxygen atoms in total. The van der Waals surface area contributed by atoms with Gasteiger partial charge in [-0.2, -0.15) is 0 Å². The summed E-state index contributed by atoms with van der Waals surface area (Å²) in [5.41, 5.74) is 1.43. The SMILES string of the molecule is C1=[C](P(c2ccccc2)c2ccccc2)[Sb]([c]2ccccc2)[c]2ccccc21. The van der Waals surface area contributed by atoms with E-state index in [-0.39, 0.29) is 0 Å². The Morgan fingerprint density at radius 1 is 0.500 bits per heavy atom. The molecule has 0 aromatic heterocycles. The molecule has 0 bridgehead atoms. The fourth-order valence-corrected chi connectivity index (χ4v) is 17.3. The number of rotatable bonds is 4. The molecule has 2 heteroatoms. The van der Waals surface area contributed by atoms with Crippen LogP contribution in [0.2, 0.25) is 0 Å². The molecule has 0 saturated heterocycles. The minimum atomic E-state index is -2.03. The molecule has 134 valence electrons. The van der Waals surface area contributed by atoms with Crippen LogP contribution in [0.4, 0.5) is 0 Å². The Kier molecular flexibility index (Phi) is 5.18. The van der Waals surface area contributed by atoms with Gasteiger partial charge < -0.3 is 0 Å². The Bertz CT molecular complexity index is 1070. The first-order valence-corrected chi connectivity index (χ1v) is 14.6. The molecule has 4 aromatic carbocycles. The molecule has 5 rings (SSSR count). The third kappa shape index (κ3) is 3.37. The summed E-state index contributed by atoms with van der Waals surface area (Å²) in [6, 6.07) is 42.5. The third-order valence-corrected chi connectivity index (χ3v) is 16.8. The normalized spacial score (nSPS) is 13.4. The van der Waals surface area contributed by atoms with Gasteiger partial charge in [-0.1, -0.05) is 0 Å². The van der Waals surface area contributed by atoms with Crippen LogP contribution in [0.1, 0.15) is 5.56 Å². The van der Waals surface area contributed by atoms with Gasteiger partial charge in [-0.3, -0.25) is 0 Å². The van der Waals surface area contributed by atoms with E-state index in [4.69, 9.17) is 0 Å². The molecular formula is C26H20PSb. The van der Waals surface area contributed by atoms with Gasteiger partial charge in [-0.05, 0) is 0 Å². The summed E-state index contributed by atoms with van der Waals surface area (Å²) in [5, 5.41) is 2.90. The molecule has 0 fully saturated rings. The summed E-state index contributed by atoms with van der Waals surface area (Å²) >= 11 is -2.03. The predicted octanol–water partition coefficient (Wildman–Crippen LogP) is 4.32. The molecule has 1 aliphatic heterocycles. The molecule has 1 aliphatic rings. The maximum atomic E-state index is 2.52. The maximum absolute atomic E-state index is 2.52. The van der Waals surface area contributed by atoms with Gasteiger partial charge in [0.15, 0.2) is 0 Å². The van der Waals surface area contributed by atoms with E-state index < -0.39 is 28.1 Å². The van der Waals surface area contributed by atoms with Crippen LogP contribution in [-0.2, 0) is 0 Å². The standard InChI is InChI=1S/C20H15P.C6H5.Sb/c1-4-10-18(11-5-1)16-17-21(19-12-6-2-7-13-19)20-14-8-3-9-15-20;1-2-4-6-5-3-1;/h1-10,12-16H;1-5H;. The van der Waals surface area contributed by atoms with Crippen molar-refractivity contribution in [3.8, 4) is 0 Å². The Labute approximate surface area is 175 Å². The average Bonchev–Trinajstić information content (AvgIpc) is 3.15. The Hall–Kier alpha value is -2.13. The van der Waals surface area contributed by atoms with Gasteiger partial charge in [0.2, 0.25) is 0 Å². The molecule has 0 saturated carbocycles. The van der Waals surface area contributed by atoms with Crippen LogP contribution in [0.3, 0.4) is 0 Å². The van der Waals surface area contributed by atoms with Crippen molar-refractivity contribution < 1.29 is 0 Å². The fourth-order valence-electron chi connectivity index (χ4n) is 3.72. The van der Waals surface area contributed by atoms with Crippen LogP contribution >= 0.6 is 7.92 Å². The van der Waals surface area contributed by atoms with Crippen molar-refractivity contribution in [3.05, 3.63) is 124 Å². The first-order chi connectivity index (χ1) is 13.9. The second-order valence-electron chi connectivity index (χ2n) is 6.74. The van der Waals surface area contributed by atoms with Gasteiger partial charge in [0.1, 0.15) is 0 Å². The number of benzene rings is 4. The zero-order chi connectivity index (χ0) is 18.8. The van der Waals surface area contributed by atoms with E-state index in [2.05, 4.69) is 121 Å². The molecule has 1 heterocycles. The van der Waals surface area contributed by atoms with E-state index in [0.717, 1.165) is 0 Å². The van der Waals surface area contributed by atoms with Crippen LogP contribution in [0, 0.1) is 0 Å². The van der Waals surface area contributed by atoms with Crippen molar-refractivity contribution in [1.82, 2.24) is 0 Å². The molecule has 28 heavy (non-hydrogen) atoms. The van der Waals surface area contributed by atoms with E-state index in [9.17, 15) is 0 Å². The average molecular weight is 485 g/mol. The molecule has 0 spiro atoms. The Morgan fingerprint density at radius 3 is 1.61 bits per heavy atom. The number of hydrogen-bond acceptors (Lipinski definition) is 0. The topological polar surface area (TPSA) is 0 Å². The summed E-state index contributed by atoms with van der Waals surface area (Å²) in [7, 11) is -0.519. The van der Waals surface area contributed by atoms with Gasteiger partial charge in [-0.15, -0.1) is 0 Å². The van der Waals surface area contributed by atoms with E-state index >= 15 is 0 Å². The van der Waals surface area contributed by atoms with Gasteiger partial charge in [-0.25, -0.2) is 0 Å². The molecule has 4 aromatic rings. The first kappa shape index (κ1) is 17.9. The second kappa shape index (κ2) is 8.08. The molecule has 0 atom stereocenters. The van der Waals surface area contributed by atoms with E-state index in [1.807, 2.05) is 0 Å². The van der Waals surface area contributed by atoms with E-state index in [1.54, 1.807) is 10.3 Å². The summed E-state index contributed by atoms with van der Waals surface area (Å²) in [6.07, 6.45) is 2.52. The molecule has 0 N–H and O–H groups in total. The summed E-state index contributed by atoms with van der Waals surface area (Å²) in [5.74, 6) is 0. The Morgan fingerprint density at radius 2 is 1.00 bits per heavy atom. The van der Waals surface area contributed by atoms with Crippen LogP contribution in [0.15, 0.2) is 119 Å². The molecule has 0 amide bonds. The van der Waals surface area contributed by atoms with E-state index in [1.165, 1.54) is 16.2 Å². The van der Waals surface area contributed by atoms with Crippen LogP contribution < -0.4 is 17.6 Å². The second-order valence-corrected chi connectivity index (χ2v) is 16.1. The summed E-state index contributed by atoms with van der Waals surface area (Å²) < 4.78 is 4.86. The van der Waals surface area contributed by atoms with E-state index in [0.29, 0.717) is 0 Å². The van der Waals surface area contributed by atoms with Gasteiger partial charge in [0, 0.05) is 0 Å². The van der Waals surface area contributed by atoms with Crippen molar-refractivity contribution in [1.29, 1.82) is 0 Å². The molecular weight excluding hydrogens is 465 g/mol. The predicted molar refractivity (Wildman–Crippen MR) is 125 cm³/mol. The van der Waals surface area contributed by atoms with Gasteiger partial charge >= 0.3 is 176 Å². The first-order valence-electron chi connectivity index (χ1n) is 9.48. The zero-order valence-corrected chi connectivity index (χ0v) is 18.9. The summed E-state index contributed by atoms with van der Waals surface area (Å²) in [6.45, 7) is 0. The Balaban J connectivity index is 1.72. The van der Waals surface area contributed by atoms with Crippen molar-refractivity contribution >= 4 is 51.8 Å². The van der Waals surface area contributed by atoms with Crippen molar-refractivity contribution in [2.75, 3.05) is 0 Å². The number of fused-ring (bicyclic) bond motifs is 1. The van der Waals surface area contributed by atoms with Crippen LogP contribution in [-0.4, -0.2) is 20.2 Å². The van der Waals surface area contributed by atoms with Crippen LogP contribution in [0.25, 0.3) is 6.08 Å². The quantitative estimate of drug-likeness (QED) is 0.299. The van der Waals surface area contributed by atoms with Crippen molar-refractivity contribution in [2.45, 2.75) is 0 Å². The fraction of sp³-hybridized carbons (Fsp3) is 0. The van der Waals surface area contributed by atoms with Crippen molar-refractivity contribution in [2.24, 2.45) is 0 Å². The number of hydrogen-bond donors (Lipinski definition) is 0. The molecule has 0 unspecified atom stereocenters. The minimum absolute atomic E-state index is 0.519. The summed E-state index contributed by atoms with van der Waals surface area (Å²) in [4.78, 5) is 0. The molecule has 0 aliphatic carbocycles. The third-order valence-electron chi connectivity index (χ3n) is 4.96. The van der Waals surface area contributed by atoms with Gasteiger partial charge in [0.05, 0.1) is 0 Å². The monoisotopic (exact) mass is 484 g/mol. The molecule has 0 radical (unpaired) electrons. The van der Waals surface area contributed by atoms with Crippen LogP contribution in [0.5, 0.6) is 0 Å². The zero-order valence-electron chi connectivity index (χ0n) is 15.4.